The highest BCUT2D eigenvalue weighted by atomic mass is 32.2. The van der Waals surface area contributed by atoms with Gasteiger partial charge in [0.05, 0.1) is 24.1 Å². The molecule has 0 bridgehead atoms. The van der Waals surface area contributed by atoms with E-state index in [9.17, 15) is 32.7 Å². The first-order chi connectivity index (χ1) is 28.2. The molecule has 3 heterocycles. The van der Waals surface area contributed by atoms with E-state index in [0.717, 1.165) is 22.9 Å². The number of nitrogens with one attached hydrogen (secondary N) is 3. The number of carbonyl (C=O) groups is 4. The summed E-state index contributed by atoms with van der Waals surface area (Å²) in [5.74, 6) is -1.98. The van der Waals surface area contributed by atoms with E-state index in [0.29, 0.717) is 42.5 Å². The number of ether oxygens (including phenoxy) is 2. The summed E-state index contributed by atoms with van der Waals surface area (Å²) in [6.45, 7) is 11.8. The second-order valence-electron chi connectivity index (χ2n) is 18.6. The molecular formula is C45H57N5O9S. The molecule has 15 heteroatoms. The zero-order valence-electron chi connectivity index (χ0n) is 35.4. The van der Waals surface area contributed by atoms with Crippen LogP contribution in [0.4, 0.5) is 4.79 Å². The SMILES string of the molecule is COc1ccc2c(O[C@@H]3C[C@H]4C(=O)N[C@]5(C(=O)NS(=O)(=O)C6(C)CC6)C[C@H]5/C=C\CC[C@@H](C)C[C@@H](C)[C@H](NC(=O)O)C(=O)N4C3)nc(-c3ccc(C(C)(C)C)cc3)cc2c1. The maximum absolute atomic E-state index is 14.7. The van der Waals surface area contributed by atoms with E-state index in [1.54, 1.807) is 20.1 Å². The first kappa shape index (κ1) is 42.9. The zero-order chi connectivity index (χ0) is 43.4. The standard InChI is InChI=1S/C45H57N5O9S/c1-26-10-8-9-11-31-24-45(31,41(53)49-60(56,57)44(6)18-19-44)48-38(51)36-23-33(25-50(36)40(52)37(27(2)20-26)47-42(54)55)59-39-34-17-16-32(58-7)21-29(34)22-35(46-39)28-12-14-30(15-13-28)43(3,4)5/h9,11-17,21-22,26-27,31,33,36-37,47H,8,10,18-20,23-25H2,1-7H3,(H,48,51)(H,49,53)(H,54,55)/b11-9-/t26-,27-,31-,33-,36+,37+,45-/m1/s1. The second kappa shape index (κ2) is 16.0. The maximum atomic E-state index is 14.7. The smallest absolute Gasteiger partial charge is 0.405 e. The number of benzene rings is 2. The van der Waals surface area contributed by atoms with Gasteiger partial charge in [-0.05, 0) is 97.9 Å². The lowest BCUT2D eigenvalue weighted by Crippen LogP contribution is -2.59. The summed E-state index contributed by atoms with van der Waals surface area (Å²) in [5, 5.41) is 16.7. The van der Waals surface area contributed by atoms with Crippen LogP contribution in [0.1, 0.15) is 92.1 Å². The Morgan fingerprint density at radius 1 is 1.03 bits per heavy atom. The van der Waals surface area contributed by atoms with E-state index >= 15 is 0 Å². The van der Waals surface area contributed by atoms with Crippen LogP contribution >= 0.6 is 0 Å². The van der Waals surface area contributed by atoms with Crippen molar-refractivity contribution in [3.05, 3.63) is 66.2 Å². The lowest BCUT2D eigenvalue weighted by Gasteiger charge is -2.32. The van der Waals surface area contributed by atoms with Gasteiger partial charge in [0.2, 0.25) is 27.7 Å². The number of hydrogen-bond donors (Lipinski definition) is 4. The number of hydrogen-bond acceptors (Lipinski definition) is 9. The molecule has 4 N–H and O–H groups in total. The Bertz CT molecular complexity index is 2320. The highest BCUT2D eigenvalue weighted by Gasteiger charge is 2.63. The third kappa shape index (κ3) is 8.68. The fourth-order valence-corrected chi connectivity index (χ4v) is 9.91. The van der Waals surface area contributed by atoms with Gasteiger partial charge in [0.1, 0.15) is 29.5 Å². The van der Waals surface area contributed by atoms with Crippen LogP contribution in [0.15, 0.2) is 60.7 Å². The molecule has 1 saturated heterocycles. The van der Waals surface area contributed by atoms with Gasteiger partial charge < -0.3 is 30.1 Å². The summed E-state index contributed by atoms with van der Waals surface area (Å²) in [6, 6.07) is 13.2. The van der Waals surface area contributed by atoms with E-state index in [1.807, 2.05) is 56.3 Å². The van der Waals surface area contributed by atoms with Crippen molar-refractivity contribution in [2.45, 2.75) is 120 Å². The number of pyridine rings is 1. The number of fused-ring (bicyclic) bond motifs is 3. The number of methoxy groups -OCH3 is 1. The lowest BCUT2D eigenvalue weighted by molar-refractivity contribution is -0.142. The Morgan fingerprint density at radius 3 is 2.40 bits per heavy atom. The largest absolute Gasteiger partial charge is 0.497 e. The van der Waals surface area contributed by atoms with Gasteiger partial charge in [0.25, 0.3) is 5.91 Å². The number of allylic oxidation sites excluding steroid dienone is 1. The Labute approximate surface area is 351 Å². The minimum atomic E-state index is -4.03. The molecule has 14 nitrogen and oxygen atoms in total. The van der Waals surface area contributed by atoms with Gasteiger partial charge in [-0.2, -0.15) is 0 Å². The van der Waals surface area contributed by atoms with Gasteiger partial charge in [-0.1, -0.05) is 71.0 Å². The molecule has 2 aromatic carbocycles. The summed E-state index contributed by atoms with van der Waals surface area (Å²) >= 11 is 0. The molecule has 7 rings (SSSR count). The Hall–Kier alpha value is -5.18. The van der Waals surface area contributed by atoms with Gasteiger partial charge in [0.15, 0.2) is 0 Å². The topological polar surface area (TPSA) is 193 Å². The fourth-order valence-electron chi connectivity index (χ4n) is 8.60. The molecule has 3 aromatic rings. The van der Waals surface area contributed by atoms with Gasteiger partial charge in [-0.3, -0.25) is 19.1 Å². The molecule has 3 fully saturated rings. The molecule has 322 valence electrons. The number of rotatable bonds is 8. The Balaban J connectivity index is 1.25. The molecule has 7 atom stereocenters. The summed E-state index contributed by atoms with van der Waals surface area (Å²) in [5.41, 5.74) is 1.03. The molecule has 4 amide bonds. The number of amides is 4. The maximum Gasteiger partial charge on any atom is 0.405 e. The summed E-state index contributed by atoms with van der Waals surface area (Å²) in [6.07, 6.45) is 4.55. The molecule has 4 aliphatic rings. The first-order valence-electron chi connectivity index (χ1n) is 20.9. The minimum absolute atomic E-state index is 0.0133. The van der Waals surface area contributed by atoms with E-state index in [1.165, 1.54) is 4.90 Å². The highest BCUT2D eigenvalue weighted by Crippen LogP contribution is 2.48. The molecule has 60 heavy (non-hydrogen) atoms. The van der Waals surface area contributed by atoms with E-state index in [2.05, 4.69) is 48.3 Å². The highest BCUT2D eigenvalue weighted by molar-refractivity contribution is 7.91. The van der Waals surface area contributed by atoms with Crippen LogP contribution in [0.25, 0.3) is 22.0 Å². The van der Waals surface area contributed by atoms with Crippen LogP contribution in [0, 0.1) is 17.8 Å². The Kier molecular flexibility index (Phi) is 11.5. The van der Waals surface area contributed by atoms with E-state index < -0.39 is 74.1 Å². The van der Waals surface area contributed by atoms with Gasteiger partial charge in [-0.15, -0.1) is 0 Å². The molecule has 0 unspecified atom stereocenters. The van der Waals surface area contributed by atoms with Crippen LogP contribution < -0.4 is 24.8 Å². The van der Waals surface area contributed by atoms with Crippen molar-refractivity contribution in [3.8, 4) is 22.9 Å². The van der Waals surface area contributed by atoms with Crippen LogP contribution in [0.5, 0.6) is 11.6 Å². The van der Waals surface area contributed by atoms with Crippen LogP contribution in [-0.4, -0.2) is 89.4 Å². The number of sulfonamides is 1. The van der Waals surface area contributed by atoms with Crippen LogP contribution in [-0.2, 0) is 29.8 Å². The number of carboxylic acid groups (broad SMARTS) is 1. The van der Waals surface area contributed by atoms with E-state index in [4.69, 9.17) is 14.5 Å². The third-order valence-electron chi connectivity index (χ3n) is 12.9. The average molecular weight is 844 g/mol. The summed E-state index contributed by atoms with van der Waals surface area (Å²) in [4.78, 5) is 61.7. The van der Waals surface area contributed by atoms with Crippen LogP contribution in [0.3, 0.4) is 0 Å². The number of aromatic nitrogens is 1. The van der Waals surface area contributed by atoms with Crippen molar-refractivity contribution in [2.24, 2.45) is 17.8 Å². The molecular weight excluding hydrogens is 787 g/mol. The lowest BCUT2D eigenvalue weighted by atomic mass is 9.86. The van der Waals surface area contributed by atoms with Crippen molar-refractivity contribution in [2.75, 3.05) is 13.7 Å². The van der Waals surface area contributed by atoms with Crippen LogP contribution in [0.2, 0.25) is 0 Å². The van der Waals surface area contributed by atoms with Gasteiger partial charge >= 0.3 is 6.09 Å². The van der Waals surface area contributed by atoms with Gasteiger partial charge in [-0.25, -0.2) is 18.2 Å². The van der Waals surface area contributed by atoms with Crippen molar-refractivity contribution in [1.29, 1.82) is 0 Å². The van der Waals surface area contributed by atoms with E-state index in [-0.39, 0.29) is 36.6 Å². The predicted molar refractivity (Wildman–Crippen MR) is 227 cm³/mol. The molecule has 2 saturated carbocycles. The number of carbonyl (C=O) groups excluding carboxylic acids is 3. The third-order valence-corrected chi connectivity index (χ3v) is 15.0. The minimum Gasteiger partial charge on any atom is -0.497 e. The summed E-state index contributed by atoms with van der Waals surface area (Å²) in [7, 11) is -2.44. The van der Waals surface area contributed by atoms with Crippen molar-refractivity contribution < 1.29 is 42.2 Å². The van der Waals surface area contributed by atoms with Crippen molar-refractivity contribution >= 4 is 44.6 Å². The zero-order valence-corrected chi connectivity index (χ0v) is 36.2. The monoisotopic (exact) mass is 843 g/mol. The number of nitrogens with zero attached hydrogens (tertiary/aromatic N) is 2. The molecule has 0 radical (unpaired) electrons. The second-order valence-corrected chi connectivity index (χ2v) is 20.8. The summed E-state index contributed by atoms with van der Waals surface area (Å²) < 4.78 is 39.9. The quantitative estimate of drug-likeness (QED) is 0.193. The average Bonchev–Trinajstić information content (AvgIpc) is 4.07. The van der Waals surface area contributed by atoms with Crippen molar-refractivity contribution in [1.82, 2.24) is 25.2 Å². The molecule has 0 spiro atoms. The predicted octanol–water partition coefficient (Wildman–Crippen LogP) is 6.08. The molecule has 2 aliphatic heterocycles. The first-order valence-corrected chi connectivity index (χ1v) is 22.3. The molecule has 1 aromatic heterocycles. The van der Waals surface area contributed by atoms with Crippen molar-refractivity contribution in [3.63, 3.8) is 0 Å². The van der Waals surface area contributed by atoms with Gasteiger partial charge in [0, 0.05) is 23.3 Å². The normalized spacial score (nSPS) is 28.6. The fraction of sp³-hybridized carbons (Fsp3) is 0.533. The Morgan fingerprint density at radius 2 is 1.75 bits per heavy atom. The molecule has 2 aliphatic carbocycles.